The van der Waals surface area contributed by atoms with Gasteiger partial charge in [0, 0.05) is 60.8 Å². The first-order valence-corrected chi connectivity index (χ1v) is 14.6. The molecule has 0 amide bonds. The molecule has 0 aliphatic heterocycles. The lowest BCUT2D eigenvalue weighted by molar-refractivity contribution is -0.142. The summed E-state index contributed by atoms with van der Waals surface area (Å²) in [6, 6.07) is 10.6. The Hall–Kier alpha value is -3.02. The molecule has 38 heavy (non-hydrogen) atoms. The number of anilines is 2. The number of carbonyl (C=O) groups is 2. The number of unbranched alkanes of at least 4 members (excludes halogenated alkanes) is 4. The second kappa shape index (κ2) is 14.2. The molecule has 0 radical (unpaired) electrons. The standard InChI is InChI=1S/C32H46N2O4/c1-5-9-17-33(18-10-6-2)23-13-15-25(27(35)21-23)29-31(37)30(32(29)38)26-16-14-24(22-28(26)36)34(19-11-7-3)20-12-8-4/h13-16,21-22,29-30,35-36H,5-12,17-20H2,1-4H3. The first kappa shape index (κ1) is 29.5. The highest BCUT2D eigenvalue weighted by molar-refractivity contribution is 6.31. The molecule has 2 aromatic carbocycles. The van der Waals surface area contributed by atoms with Crippen LogP contribution in [0.1, 0.15) is 102 Å². The SMILES string of the molecule is CCCCN(CCCC)c1ccc(C2C(=O)C(c3ccc(N(CCCC)CCCC)cc3O)C2=O)c(O)c1. The zero-order valence-electron chi connectivity index (χ0n) is 23.7. The van der Waals surface area contributed by atoms with Crippen molar-refractivity contribution in [2.24, 2.45) is 0 Å². The first-order chi connectivity index (χ1) is 18.4. The zero-order chi connectivity index (χ0) is 27.7. The summed E-state index contributed by atoms with van der Waals surface area (Å²) in [6.45, 7) is 12.2. The number of phenols is 2. The third kappa shape index (κ3) is 6.69. The van der Waals surface area contributed by atoms with E-state index in [4.69, 9.17) is 0 Å². The zero-order valence-corrected chi connectivity index (χ0v) is 23.7. The van der Waals surface area contributed by atoms with E-state index in [2.05, 4.69) is 37.5 Å². The third-order valence-electron chi connectivity index (χ3n) is 7.64. The van der Waals surface area contributed by atoms with Gasteiger partial charge in [-0.3, -0.25) is 9.59 Å². The van der Waals surface area contributed by atoms with Crippen LogP contribution in [0.15, 0.2) is 36.4 Å². The molecule has 0 spiro atoms. The van der Waals surface area contributed by atoms with Crippen molar-refractivity contribution >= 4 is 22.9 Å². The average Bonchev–Trinajstić information content (AvgIpc) is 2.91. The van der Waals surface area contributed by atoms with E-state index < -0.39 is 11.8 Å². The summed E-state index contributed by atoms with van der Waals surface area (Å²) in [5.41, 5.74) is 2.53. The van der Waals surface area contributed by atoms with Gasteiger partial charge in [0.25, 0.3) is 0 Å². The Bertz CT molecular complexity index is 970. The predicted molar refractivity (Wildman–Crippen MR) is 156 cm³/mol. The fourth-order valence-electron chi connectivity index (χ4n) is 5.21. The minimum Gasteiger partial charge on any atom is -0.508 e. The Labute approximate surface area is 228 Å². The van der Waals surface area contributed by atoms with Crippen molar-refractivity contribution < 1.29 is 19.8 Å². The largest absolute Gasteiger partial charge is 0.508 e. The van der Waals surface area contributed by atoms with E-state index in [1.54, 1.807) is 24.3 Å². The number of hydrogen-bond donors (Lipinski definition) is 2. The molecule has 1 aliphatic rings. The maximum atomic E-state index is 13.2. The minimum absolute atomic E-state index is 0.0206. The fourth-order valence-corrected chi connectivity index (χ4v) is 5.21. The number of nitrogens with zero attached hydrogens (tertiary/aromatic N) is 2. The van der Waals surface area contributed by atoms with Crippen LogP contribution in [0.3, 0.4) is 0 Å². The van der Waals surface area contributed by atoms with Gasteiger partial charge in [0.1, 0.15) is 23.3 Å². The molecular weight excluding hydrogens is 476 g/mol. The van der Waals surface area contributed by atoms with Crippen molar-refractivity contribution in [1.29, 1.82) is 0 Å². The maximum Gasteiger partial charge on any atom is 0.162 e. The van der Waals surface area contributed by atoms with Gasteiger partial charge in [0.05, 0.1) is 0 Å². The number of Topliss-reactive ketones (excluding diaryl/α,β-unsaturated/α-hetero) is 2. The highest BCUT2D eigenvalue weighted by Crippen LogP contribution is 2.47. The molecule has 3 rings (SSSR count). The second-order valence-electron chi connectivity index (χ2n) is 10.5. The molecule has 0 unspecified atom stereocenters. The number of phenolic OH excluding ortho intramolecular Hbond substituents is 2. The molecule has 0 aromatic heterocycles. The molecular formula is C32H46N2O4. The molecule has 2 aromatic rings. The number of hydrogen-bond acceptors (Lipinski definition) is 6. The molecule has 1 fully saturated rings. The fraction of sp³-hybridized carbons (Fsp3) is 0.562. The first-order valence-electron chi connectivity index (χ1n) is 14.6. The van der Waals surface area contributed by atoms with Gasteiger partial charge in [-0.15, -0.1) is 0 Å². The molecule has 0 atom stereocenters. The Morgan fingerprint density at radius 3 is 1.16 bits per heavy atom. The molecule has 0 saturated heterocycles. The summed E-state index contributed by atoms with van der Waals surface area (Å²) in [5, 5.41) is 21.7. The van der Waals surface area contributed by atoms with Gasteiger partial charge in [-0.2, -0.15) is 0 Å². The van der Waals surface area contributed by atoms with Crippen LogP contribution in [-0.2, 0) is 9.59 Å². The molecule has 1 aliphatic carbocycles. The number of aromatic hydroxyl groups is 2. The summed E-state index contributed by atoms with van der Waals surface area (Å²) < 4.78 is 0. The van der Waals surface area contributed by atoms with Crippen LogP contribution in [0.4, 0.5) is 11.4 Å². The predicted octanol–water partition coefficient (Wildman–Crippen LogP) is 6.93. The average molecular weight is 523 g/mol. The molecule has 6 nitrogen and oxygen atoms in total. The van der Waals surface area contributed by atoms with Crippen LogP contribution >= 0.6 is 0 Å². The number of rotatable bonds is 16. The quantitative estimate of drug-likeness (QED) is 0.233. The highest BCUT2D eigenvalue weighted by atomic mass is 16.3. The van der Waals surface area contributed by atoms with Crippen LogP contribution in [0.5, 0.6) is 11.5 Å². The number of carbonyl (C=O) groups excluding carboxylic acids is 2. The van der Waals surface area contributed by atoms with E-state index in [9.17, 15) is 19.8 Å². The van der Waals surface area contributed by atoms with E-state index in [0.29, 0.717) is 11.1 Å². The number of ketones is 2. The Morgan fingerprint density at radius 2 is 0.895 bits per heavy atom. The van der Waals surface area contributed by atoms with E-state index in [0.717, 1.165) is 88.9 Å². The van der Waals surface area contributed by atoms with Gasteiger partial charge >= 0.3 is 0 Å². The smallest absolute Gasteiger partial charge is 0.162 e. The lowest BCUT2D eigenvalue weighted by atomic mass is 9.65. The second-order valence-corrected chi connectivity index (χ2v) is 10.5. The van der Waals surface area contributed by atoms with Crippen LogP contribution in [0.2, 0.25) is 0 Å². The van der Waals surface area contributed by atoms with Crippen molar-refractivity contribution in [2.45, 2.75) is 90.9 Å². The van der Waals surface area contributed by atoms with Crippen LogP contribution in [-0.4, -0.2) is 48.0 Å². The molecule has 1 saturated carbocycles. The molecule has 2 N–H and O–H groups in total. The van der Waals surface area contributed by atoms with Crippen LogP contribution in [0.25, 0.3) is 0 Å². The van der Waals surface area contributed by atoms with Crippen molar-refractivity contribution in [1.82, 2.24) is 0 Å². The lowest BCUT2D eigenvalue weighted by Gasteiger charge is -2.34. The van der Waals surface area contributed by atoms with Crippen LogP contribution < -0.4 is 9.80 Å². The summed E-state index contributed by atoms with van der Waals surface area (Å²) in [7, 11) is 0. The summed E-state index contributed by atoms with van der Waals surface area (Å²) >= 11 is 0. The van der Waals surface area contributed by atoms with Gasteiger partial charge in [-0.25, -0.2) is 0 Å². The van der Waals surface area contributed by atoms with Gasteiger partial charge < -0.3 is 20.0 Å². The van der Waals surface area contributed by atoms with Crippen LogP contribution in [0, 0.1) is 0 Å². The van der Waals surface area contributed by atoms with E-state index in [1.807, 2.05) is 12.1 Å². The summed E-state index contributed by atoms with van der Waals surface area (Å²) in [6.07, 6.45) is 8.58. The topological polar surface area (TPSA) is 81.1 Å². The van der Waals surface area contributed by atoms with Crippen molar-refractivity contribution in [3.63, 3.8) is 0 Å². The molecule has 0 bridgehead atoms. The Kier molecular flexibility index (Phi) is 11.1. The van der Waals surface area contributed by atoms with E-state index >= 15 is 0 Å². The summed E-state index contributed by atoms with van der Waals surface area (Å²) in [4.78, 5) is 30.9. The third-order valence-corrected chi connectivity index (χ3v) is 7.64. The maximum absolute atomic E-state index is 13.2. The Morgan fingerprint density at radius 1 is 0.579 bits per heavy atom. The molecule has 0 heterocycles. The van der Waals surface area contributed by atoms with Crippen molar-refractivity contribution in [2.75, 3.05) is 36.0 Å². The molecule has 208 valence electrons. The van der Waals surface area contributed by atoms with Gasteiger partial charge in [-0.1, -0.05) is 65.5 Å². The normalized spacial score (nSPS) is 16.9. The monoisotopic (exact) mass is 522 g/mol. The van der Waals surface area contributed by atoms with E-state index in [1.165, 1.54) is 0 Å². The minimum atomic E-state index is -0.988. The lowest BCUT2D eigenvalue weighted by Crippen LogP contribution is -2.44. The van der Waals surface area contributed by atoms with E-state index in [-0.39, 0.29) is 23.1 Å². The van der Waals surface area contributed by atoms with Gasteiger partial charge in [0.15, 0.2) is 11.6 Å². The van der Waals surface area contributed by atoms with Gasteiger partial charge in [0.2, 0.25) is 0 Å². The molecule has 6 heteroatoms. The Balaban J connectivity index is 1.77. The summed E-state index contributed by atoms with van der Waals surface area (Å²) in [5.74, 6) is -2.56. The van der Waals surface area contributed by atoms with Crippen molar-refractivity contribution in [3.05, 3.63) is 47.5 Å². The van der Waals surface area contributed by atoms with Crippen molar-refractivity contribution in [3.8, 4) is 11.5 Å². The number of benzene rings is 2. The van der Waals surface area contributed by atoms with Gasteiger partial charge in [-0.05, 0) is 37.8 Å². The highest BCUT2D eigenvalue weighted by Gasteiger charge is 2.52.